The molecule has 0 radical (unpaired) electrons. The second-order valence-electron chi connectivity index (χ2n) is 4.59. The third kappa shape index (κ3) is 2.53. The fourth-order valence-electron chi connectivity index (χ4n) is 2.23. The third-order valence-corrected chi connectivity index (χ3v) is 3.26. The number of aromatic amines is 1. The van der Waals surface area contributed by atoms with Gasteiger partial charge >= 0.3 is 0 Å². The zero-order valence-electron chi connectivity index (χ0n) is 10.6. The van der Waals surface area contributed by atoms with Crippen molar-refractivity contribution in [2.45, 2.75) is 6.42 Å². The molecule has 2 heterocycles. The van der Waals surface area contributed by atoms with Crippen LogP contribution in [0.25, 0.3) is 11.4 Å². The Hall–Kier alpha value is -2.08. The molecule has 1 fully saturated rings. The number of aromatic hydroxyl groups is 1. The summed E-state index contributed by atoms with van der Waals surface area (Å²) in [5, 5.41) is 20.3. The summed E-state index contributed by atoms with van der Waals surface area (Å²) in [6.45, 7) is 3.83. The number of H-pyrrole nitrogens is 1. The molecule has 1 saturated heterocycles. The van der Waals surface area contributed by atoms with Gasteiger partial charge in [-0.15, -0.1) is 5.10 Å². The van der Waals surface area contributed by atoms with E-state index in [1.165, 1.54) is 0 Å². The molecule has 3 rings (SSSR count). The molecular formula is C13H17N5O. The Bertz CT molecular complexity index is 545. The number of hydrogen-bond acceptors (Lipinski definition) is 5. The molecule has 0 bridgehead atoms. The molecule has 1 aliphatic heterocycles. The number of nitrogens with one attached hydrogen (secondary N) is 2. The first-order valence-electron chi connectivity index (χ1n) is 6.51. The van der Waals surface area contributed by atoms with Crippen molar-refractivity contribution in [3.63, 3.8) is 0 Å². The molecule has 6 nitrogen and oxygen atoms in total. The molecule has 1 aromatic heterocycles. The van der Waals surface area contributed by atoms with E-state index in [0.717, 1.165) is 32.6 Å². The lowest BCUT2D eigenvalue weighted by atomic mass is 10.2. The van der Waals surface area contributed by atoms with Crippen molar-refractivity contribution < 1.29 is 5.11 Å². The van der Waals surface area contributed by atoms with Crippen molar-refractivity contribution in [1.29, 1.82) is 0 Å². The summed E-state index contributed by atoms with van der Waals surface area (Å²) >= 11 is 0. The van der Waals surface area contributed by atoms with E-state index in [1.54, 1.807) is 12.1 Å². The van der Waals surface area contributed by atoms with Gasteiger partial charge in [0.2, 0.25) is 5.95 Å². The Labute approximate surface area is 111 Å². The molecule has 3 N–H and O–H groups in total. The quantitative estimate of drug-likeness (QED) is 0.749. The zero-order valence-corrected chi connectivity index (χ0v) is 10.6. The lowest BCUT2D eigenvalue weighted by Crippen LogP contribution is -2.28. The minimum absolute atomic E-state index is 0.211. The Morgan fingerprint density at radius 1 is 1.16 bits per heavy atom. The first kappa shape index (κ1) is 12.0. The van der Waals surface area contributed by atoms with E-state index in [4.69, 9.17) is 0 Å². The SMILES string of the molecule is Oc1ccccc1-c1nc(N2CCCNCC2)n[nH]1. The Kier molecular flexibility index (Phi) is 3.33. The van der Waals surface area contributed by atoms with Crippen LogP contribution in [0, 0.1) is 0 Å². The standard InChI is InChI=1S/C13H17N5O/c19-11-5-2-1-4-10(11)12-15-13(17-16-12)18-8-3-6-14-7-9-18/h1-2,4-5,14,19H,3,6-9H2,(H,15,16,17). The molecule has 0 atom stereocenters. The minimum Gasteiger partial charge on any atom is -0.507 e. The fraction of sp³-hybridized carbons (Fsp3) is 0.385. The van der Waals surface area contributed by atoms with Gasteiger partial charge in [-0.25, -0.2) is 0 Å². The van der Waals surface area contributed by atoms with Crippen molar-refractivity contribution in [1.82, 2.24) is 20.5 Å². The third-order valence-electron chi connectivity index (χ3n) is 3.26. The number of rotatable bonds is 2. The number of benzene rings is 1. The molecule has 1 aromatic carbocycles. The highest BCUT2D eigenvalue weighted by atomic mass is 16.3. The molecule has 100 valence electrons. The van der Waals surface area contributed by atoms with Gasteiger partial charge in [0.15, 0.2) is 5.82 Å². The van der Waals surface area contributed by atoms with Gasteiger partial charge < -0.3 is 15.3 Å². The summed E-state index contributed by atoms with van der Waals surface area (Å²) < 4.78 is 0. The number of phenolic OH excluding ortho intramolecular Hbond substituents is 1. The van der Waals surface area contributed by atoms with Gasteiger partial charge in [0.1, 0.15) is 5.75 Å². The van der Waals surface area contributed by atoms with Crippen molar-refractivity contribution in [3.05, 3.63) is 24.3 Å². The summed E-state index contributed by atoms with van der Waals surface area (Å²) in [7, 11) is 0. The van der Waals surface area contributed by atoms with E-state index < -0.39 is 0 Å². The van der Waals surface area contributed by atoms with E-state index in [9.17, 15) is 5.11 Å². The molecular weight excluding hydrogens is 242 g/mol. The highest BCUT2D eigenvalue weighted by molar-refractivity contribution is 5.64. The van der Waals surface area contributed by atoms with Crippen LogP contribution >= 0.6 is 0 Å². The average Bonchev–Trinajstić information content (AvgIpc) is 2.75. The second-order valence-corrected chi connectivity index (χ2v) is 4.59. The Morgan fingerprint density at radius 3 is 2.95 bits per heavy atom. The zero-order chi connectivity index (χ0) is 13.1. The largest absolute Gasteiger partial charge is 0.507 e. The van der Waals surface area contributed by atoms with Crippen LogP contribution < -0.4 is 10.2 Å². The van der Waals surface area contributed by atoms with Crippen molar-refractivity contribution in [2.24, 2.45) is 0 Å². The summed E-state index contributed by atoms with van der Waals surface area (Å²) in [6.07, 6.45) is 1.08. The average molecular weight is 259 g/mol. The van der Waals surface area contributed by atoms with Gasteiger partial charge in [0, 0.05) is 19.6 Å². The Balaban J connectivity index is 1.85. The van der Waals surface area contributed by atoms with Gasteiger partial charge in [-0.2, -0.15) is 4.98 Å². The van der Waals surface area contributed by atoms with Crippen LogP contribution in [-0.2, 0) is 0 Å². The van der Waals surface area contributed by atoms with Gasteiger partial charge in [0.25, 0.3) is 0 Å². The first-order valence-corrected chi connectivity index (χ1v) is 6.51. The first-order chi connectivity index (χ1) is 9.34. The lowest BCUT2D eigenvalue weighted by molar-refractivity contribution is 0.477. The van der Waals surface area contributed by atoms with Crippen molar-refractivity contribution >= 4 is 5.95 Å². The number of anilines is 1. The van der Waals surface area contributed by atoms with Crippen LogP contribution in [-0.4, -0.2) is 46.5 Å². The van der Waals surface area contributed by atoms with E-state index in [2.05, 4.69) is 25.4 Å². The molecule has 0 saturated carbocycles. The lowest BCUT2D eigenvalue weighted by Gasteiger charge is -2.16. The fourth-order valence-corrected chi connectivity index (χ4v) is 2.23. The van der Waals surface area contributed by atoms with Crippen LogP contribution in [0.15, 0.2) is 24.3 Å². The molecule has 19 heavy (non-hydrogen) atoms. The van der Waals surface area contributed by atoms with E-state index in [0.29, 0.717) is 17.3 Å². The predicted octanol–water partition coefficient (Wildman–Crippen LogP) is 0.977. The monoisotopic (exact) mass is 259 g/mol. The van der Waals surface area contributed by atoms with E-state index in [1.807, 2.05) is 12.1 Å². The molecule has 6 heteroatoms. The van der Waals surface area contributed by atoms with Crippen molar-refractivity contribution in [2.75, 3.05) is 31.1 Å². The van der Waals surface area contributed by atoms with Gasteiger partial charge in [-0.05, 0) is 25.1 Å². The second kappa shape index (κ2) is 5.27. The summed E-state index contributed by atoms with van der Waals surface area (Å²) in [5.41, 5.74) is 0.675. The number of para-hydroxylation sites is 1. The van der Waals surface area contributed by atoms with Crippen molar-refractivity contribution in [3.8, 4) is 17.1 Å². The maximum Gasteiger partial charge on any atom is 0.245 e. The van der Waals surface area contributed by atoms with Gasteiger partial charge in [-0.3, -0.25) is 5.10 Å². The van der Waals surface area contributed by atoms with Gasteiger partial charge in [0.05, 0.1) is 5.56 Å². The maximum absolute atomic E-state index is 9.82. The van der Waals surface area contributed by atoms with E-state index in [-0.39, 0.29) is 5.75 Å². The number of phenols is 1. The summed E-state index contributed by atoms with van der Waals surface area (Å²) in [5.74, 6) is 1.51. The van der Waals surface area contributed by atoms with Crippen LogP contribution in [0.4, 0.5) is 5.95 Å². The topological polar surface area (TPSA) is 77.1 Å². The molecule has 2 aromatic rings. The van der Waals surface area contributed by atoms with E-state index >= 15 is 0 Å². The molecule has 0 spiro atoms. The molecule has 1 aliphatic rings. The number of nitrogens with zero attached hydrogens (tertiary/aromatic N) is 3. The Morgan fingerprint density at radius 2 is 2.05 bits per heavy atom. The summed E-state index contributed by atoms with van der Waals surface area (Å²) in [6, 6.07) is 7.13. The van der Waals surface area contributed by atoms with Gasteiger partial charge in [-0.1, -0.05) is 12.1 Å². The van der Waals surface area contributed by atoms with Crippen LogP contribution in [0.2, 0.25) is 0 Å². The maximum atomic E-state index is 9.82. The highest BCUT2D eigenvalue weighted by Crippen LogP contribution is 2.26. The minimum atomic E-state index is 0.211. The highest BCUT2D eigenvalue weighted by Gasteiger charge is 2.15. The smallest absolute Gasteiger partial charge is 0.245 e. The summed E-state index contributed by atoms with van der Waals surface area (Å²) in [4.78, 5) is 6.63. The predicted molar refractivity (Wildman–Crippen MR) is 73.2 cm³/mol. The molecule has 0 amide bonds. The normalized spacial score (nSPS) is 16.3. The number of hydrogen-bond donors (Lipinski definition) is 3. The molecule has 0 aliphatic carbocycles. The van der Waals surface area contributed by atoms with Crippen LogP contribution in [0.3, 0.4) is 0 Å². The number of aromatic nitrogens is 3. The van der Waals surface area contributed by atoms with Crippen LogP contribution in [0.1, 0.15) is 6.42 Å². The van der Waals surface area contributed by atoms with Crippen LogP contribution in [0.5, 0.6) is 5.75 Å². The molecule has 0 unspecified atom stereocenters.